The highest BCUT2D eigenvalue weighted by atomic mass is 16.4. The standard InChI is InChI=1S/C27H49NO6/c1-5-6-7-8-9-10-11-12-13-14-15-16-17-18-28(19-22(2)25(29)30,20-23(3)26(31)32)21-24(4)27(33)34/h16-17,22-24H,5-15,18-21H2,1-4H3,(H2-,29,30,31,32,33,34)/p+1/b17-16+. The van der Waals surface area contributed by atoms with E-state index in [1.165, 1.54) is 57.8 Å². The van der Waals surface area contributed by atoms with Crippen LogP contribution in [0.3, 0.4) is 0 Å². The number of allylic oxidation sites excluding steroid dienone is 1. The molecule has 198 valence electrons. The van der Waals surface area contributed by atoms with Crippen molar-refractivity contribution in [2.45, 2.75) is 98.3 Å². The number of hydrogen-bond donors (Lipinski definition) is 3. The van der Waals surface area contributed by atoms with Crippen LogP contribution in [0.1, 0.15) is 98.3 Å². The molecule has 7 heteroatoms. The van der Waals surface area contributed by atoms with Crippen LogP contribution in [0.2, 0.25) is 0 Å². The van der Waals surface area contributed by atoms with Gasteiger partial charge in [-0.15, -0.1) is 0 Å². The summed E-state index contributed by atoms with van der Waals surface area (Å²) in [6.07, 6.45) is 17.8. The average molecular weight is 485 g/mol. The second-order valence-corrected chi connectivity index (χ2v) is 10.2. The highest BCUT2D eigenvalue weighted by molar-refractivity contribution is 5.70. The number of quaternary nitrogens is 1. The summed E-state index contributed by atoms with van der Waals surface area (Å²) in [5.74, 6) is -4.96. The van der Waals surface area contributed by atoms with Crippen LogP contribution in [0.15, 0.2) is 12.2 Å². The molecule has 0 saturated heterocycles. The summed E-state index contributed by atoms with van der Waals surface area (Å²) >= 11 is 0. The Kier molecular flexibility index (Phi) is 17.4. The van der Waals surface area contributed by atoms with Crippen molar-refractivity contribution in [2.24, 2.45) is 17.8 Å². The molecule has 3 atom stereocenters. The number of aliphatic carboxylic acids is 3. The van der Waals surface area contributed by atoms with Crippen molar-refractivity contribution >= 4 is 17.9 Å². The van der Waals surface area contributed by atoms with Gasteiger partial charge in [0.1, 0.15) is 17.8 Å². The number of carboxylic acid groups (broad SMARTS) is 3. The third-order valence-corrected chi connectivity index (χ3v) is 6.63. The van der Waals surface area contributed by atoms with Gasteiger partial charge in [0, 0.05) is 0 Å². The molecule has 0 bridgehead atoms. The number of carbonyl (C=O) groups is 3. The monoisotopic (exact) mass is 484 g/mol. The largest absolute Gasteiger partial charge is 0.481 e. The van der Waals surface area contributed by atoms with E-state index in [0.29, 0.717) is 6.54 Å². The van der Waals surface area contributed by atoms with Crippen molar-refractivity contribution in [3.8, 4) is 0 Å². The average Bonchev–Trinajstić information content (AvgIpc) is 2.76. The lowest BCUT2D eigenvalue weighted by atomic mass is 10.0. The number of unbranched alkanes of at least 4 members (excludes halogenated alkanes) is 10. The minimum atomic E-state index is -0.956. The highest BCUT2D eigenvalue weighted by Gasteiger charge is 2.37. The fourth-order valence-corrected chi connectivity index (χ4v) is 4.59. The molecule has 34 heavy (non-hydrogen) atoms. The molecular formula is C27H50NO6+. The van der Waals surface area contributed by atoms with E-state index in [9.17, 15) is 29.7 Å². The fraction of sp³-hybridized carbons (Fsp3) is 0.815. The normalized spacial score (nSPS) is 16.1. The van der Waals surface area contributed by atoms with Gasteiger partial charge in [0.05, 0.1) is 26.2 Å². The van der Waals surface area contributed by atoms with E-state index in [1.54, 1.807) is 20.8 Å². The lowest BCUT2D eigenvalue weighted by molar-refractivity contribution is -0.928. The summed E-state index contributed by atoms with van der Waals surface area (Å²) in [6.45, 7) is 8.06. The van der Waals surface area contributed by atoms with Crippen molar-refractivity contribution in [3.05, 3.63) is 12.2 Å². The molecule has 0 spiro atoms. The van der Waals surface area contributed by atoms with Crippen LogP contribution in [0.25, 0.3) is 0 Å². The third kappa shape index (κ3) is 15.1. The van der Waals surface area contributed by atoms with Gasteiger partial charge < -0.3 is 19.8 Å². The molecule has 3 unspecified atom stereocenters. The second-order valence-electron chi connectivity index (χ2n) is 10.2. The maximum atomic E-state index is 11.5. The molecule has 0 aliphatic heterocycles. The van der Waals surface area contributed by atoms with E-state index in [1.807, 2.05) is 6.08 Å². The van der Waals surface area contributed by atoms with Crippen molar-refractivity contribution in [1.29, 1.82) is 0 Å². The van der Waals surface area contributed by atoms with Gasteiger partial charge >= 0.3 is 17.9 Å². The molecule has 0 aliphatic rings. The molecule has 0 saturated carbocycles. The van der Waals surface area contributed by atoms with Crippen LogP contribution in [0, 0.1) is 17.8 Å². The molecule has 0 fully saturated rings. The van der Waals surface area contributed by atoms with Crippen molar-refractivity contribution in [1.82, 2.24) is 0 Å². The zero-order valence-electron chi connectivity index (χ0n) is 22.0. The van der Waals surface area contributed by atoms with Gasteiger partial charge in [0.2, 0.25) is 0 Å². The zero-order chi connectivity index (χ0) is 26.0. The molecular weight excluding hydrogens is 434 g/mol. The Hall–Kier alpha value is -1.89. The Morgan fingerprint density at radius 2 is 0.971 bits per heavy atom. The molecule has 7 nitrogen and oxygen atoms in total. The van der Waals surface area contributed by atoms with Gasteiger partial charge in [0.25, 0.3) is 0 Å². The maximum absolute atomic E-state index is 11.5. The molecule has 0 radical (unpaired) electrons. The van der Waals surface area contributed by atoms with Gasteiger partial charge in [-0.1, -0.05) is 70.8 Å². The van der Waals surface area contributed by atoms with Crippen molar-refractivity contribution in [2.75, 3.05) is 26.2 Å². The number of rotatable bonds is 22. The first-order valence-electron chi connectivity index (χ1n) is 13.2. The minimum absolute atomic E-state index is 0.142. The Labute approximate surface area is 206 Å². The van der Waals surface area contributed by atoms with Crippen LogP contribution < -0.4 is 0 Å². The molecule has 0 rings (SSSR count). The van der Waals surface area contributed by atoms with E-state index in [-0.39, 0.29) is 24.1 Å². The smallest absolute Gasteiger partial charge is 0.311 e. The summed E-state index contributed by atoms with van der Waals surface area (Å²) in [5, 5.41) is 28.4. The fourth-order valence-electron chi connectivity index (χ4n) is 4.59. The van der Waals surface area contributed by atoms with E-state index < -0.39 is 35.7 Å². The molecule has 0 heterocycles. The quantitative estimate of drug-likeness (QED) is 0.101. The molecule has 0 aromatic carbocycles. The van der Waals surface area contributed by atoms with E-state index in [2.05, 4.69) is 13.0 Å². The zero-order valence-corrected chi connectivity index (χ0v) is 22.0. The third-order valence-electron chi connectivity index (χ3n) is 6.63. The molecule has 0 aromatic rings. The summed E-state index contributed by atoms with van der Waals surface area (Å²) in [5.41, 5.74) is 0. The first-order chi connectivity index (χ1) is 16.0. The predicted molar refractivity (Wildman–Crippen MR) is 136 cm³/mol. The molecule has 0 aliphatic carbocycles. The summed E-state index contributed by atoms with van der Waals surface area (Å²) in [7, 11) is 0. The topological polar surface area (TPSA) is 112 Å². The number of nitrogens with zero attached hydrogens (tertiary/aromatic N) is 1. The Balaban J connectivity index is 4.86. The highest BCUT2D eigenvalue weighted by Crippen LogP contribution is 2.20. The summed E-state index contributed by atoms with van der Waals surface area (Å²) < 4.78 is 0.142. The van der Waals surface area contributed by atoms with E-state index in [4.69, 9.17) is 0 Å². The van der Waals surface area contributed by atoms with Crippen molar-refractivity contribution < 1.29 is 34.2 Å². The Morgan fingerprint density at radius 3 is 1.32 bits per heavy atom. The first kappa shape index (κ1) is 32.1. The lowest BCUT2D eigenvalue weighted by Gasteiger charge is -2.41. The molecule has 3 N–H and O–H groups in total. The Morgan fingerprint density at radius 1 is 0.618 bits per heavy atom. The van der Waals surface area contributed by atoms with E-state index >= 15 is 0 Å². The predicted octanol–water partition coefficient (Wildman–Crippen LogP) is 5.83. The Bertz CT molecular complexity index is 563. The molecule has 0 amide bonds. The van der Waals surface area contributed by atoms with Crippen LogP contribution >= 0.6 is 0 Å². The van der Waals surface area contributed by atoms with Crippen LogP contribution in [0.5, 0.6) is 0 Å². The first-order valence-corrected chi connectivity index (χ1v) is 13.2. The van der Waals surface area contributed by atoms with Crippen LogP contribution in [0.4, 0.5) is 0 Å². The van der Waals surface area contributed by atoms with Gasteiger partial charge in [0.15, 0.2) is 0 Å². The molecule has 0 aromatic heterocycles. The van der Waals surface area contributed by atoms with Gasteiger partial charge in [-0.3, -0.25) is 14.4 Å². The van der Waals surface area contributed by atoms with Gasteiger partial charge in [-0.25, -0.2) is 0 Å². The summed E-state index contributed by atoms with van der Waals surface area (Å²) in [6, 6.07) is 0. The summed E-state index contributed by atoms with van der Waals surface area (Å²) in [4.78, 5) is 34.6. The van der Waals surface area contributed by atoms with Gasteiger partial charge in [-0.05, 0) is 39.7 Å². The van der Waals surface area contributed by atoms with Crippen LogP contribution in [-0.4, -0.2) is 63.9 Å². The van der Waals surface area contributed by atoms with Gasteiger partial charge in [-0.2, -0.15) is 0 Å². The maximum Gasteiger partial charge on any atom is 0.311 e. The van der Waals surface area contributed by atoms with Crippen molar-refractivity contribution in [3.63, 3.8) is 0 Å². The SMILES string of the molecule is CCCCCCCCCCCC/C=C/C[N+](CC(C)C(=O)O)(CC(C)C(=O)O)CC(C)C(=O)O. The minimum Gasteiger partial charge on any atom is -0.481 e. The van der Waals surface area contributed by atoms with Crippen LogP contribution in [-0.2, 0) is 14.4 Å². The number of carboxylic acids is 3. The number of hydrogen-bond acceptors (Lipinski definition) is 3. The lowest BCUT2D eigenvalue weighted by Crippen LogP contribution is -2.57. The van der Waals surface area contributed by atoms with E-state index in [0.717, 1.165) is 12.8 Å². The second kappa shape index (κ2) is 18.4.